The number of amides is 1. The predicted molar refractivity (Wildman–Crippen MR) is 137 cm³/mol. The van der Waals surface area contributed by atoms with E-state index in [1.54, 1.807) is 30.4 Å². The molecule has 0 aliphatic carbocycles. The fourth-order valence-electron chi connectivity index (χ4n) is 4.24. The number of hydrogen-bond acceptors (Lipinski definition) is 6. The lowest BCUT2D eigenvalue weighted by molar-refractivity contribution is -0.122. The maximum Gasteiger partial charge on any atom is 0.267 e. The first-order valence-electron chi connectivity index (χ1n) is 11.5. The van der Waals surface area contributed by atoms with Gasteiger partial charge in [-0.15, -0.1) is 0 Å². The zero-order chi connectivity index (χ0) is 24.4. The van der Waals surface area contributed by atoms with Crippen LogP contribution in [-0.4, -0.2) is 36.2 Å². The van der Waals surface area contributed by atoms with E-state index in [-0.39, 0.29) is 18.3 Å². The maximum atomic E-state index is 15.0. The standard InChI is InChI=1S/C27H26FN3O3S/c1-18-14-24(30-11-3-4-12-30)23(28)15-19(18)16-25-26(32)31(17-22-6-5-13-34-22)27(35-25)29-20-7-9-21(33-2)10-8-20/h5-10,13-16H,3-4,11-12,17H2,1-2H3. The highest BCUT2D eigenvalue weighted by Crippen LogP contribution is 2.37. The first-order chi connectivity index (χ1) is 17.0. The van der Waals surface area contributed by atoms with Gasteiger partial charge >= 0.3 is 0 Å². The molecule has 8 heteroatoms. The van der Waals surface area contributed by atoms with Crippen LogP contribution < -0.4 is 9.64 Å². The topological polar surface area (TPSA) is 58.3 Å². The molecule has 2 aliphatic rings. The van der Waals surface area contributed by atoms with E-state index < -0.39 is 0 Å². The molecule has 3 aromatic rings. The number of halogens is 1. The molecule has 180 valence electrons. The van der Waals surface area contributed by atoms with E-state index in [4.69, 9.17) is 14.1 Å². The van der Waals surface area contributed by atoms with Gasteiger partial charge in [0.1, 0.15) is 17.3 Å². The Morgan fingerprint density at radius 3 is 2.63 bits per heavy atom. The summed E-state index contributed by atoms with van der Waals surface area (Å²) in [5, 5.41) is 0.537. The number of aryl methyl sites for hydroxylation is 1. The summed E-state index contributed by atoms with van der Waals surface area (Å²) >= 11 is 1.27. The molecule has 2 aliphatic heterocycles. The molecule has 0 spiro atoms. The van der Waals surface area contributed by atoms with Crippen LogP contribution in [0.25, 0.3) is 6.08 Å². The largest absolute Gasteiger partial charge is 0.497 e. The van der Waals surface area contributed by atoms with Crippen molar-refractivity contribution in [2.24, 2.45) is 4.99 Å². The molecule has 6 nitrogen and oxygen atoms in total. The fourth-order valence-corrected chi connectivity index (χ4v) is 5.22. The molecule has 1 amide bonds. The highest BCUT2D eigenvalue weighted by atomic mass is 32.2. The number of aliphatic imine (C=N–C) groups is 1. The molecule has 0 radical (unpaired) electrons. The SMILES string of the molecule is COc1ccc(N=C2SC(=Cc3cc(F)c(N4CCCC4)cc3C)C(=O)N2Cc2ccco2)cc1. The summed E-state index contributed by atoms with van der Waals surface area (Å²) in [6, 6.07) is 14.3. The van der Waals surface area contributed by atoms with Crippen molar-refractivity contribution in [3.05, 3.63) is 82.4 Å². The van der Waals surface area contributed by atoms with E-state index in [0.29, 0.717) is 32.8 Å². The summed E-state index contributed by atoms with van der Waals surface area (Å²) in [7, 11) is 1.61. The maximum absolute atomic E-state index is 15.0. The van der Waals surface area contributed by atoms with Gasteiger partial charge in [0.15, 0.2) is 5.17 Å². The predicted octanol–water partition coefficient (Wildman–Crippen LogP) is 6.14. The molecule has 2 fully saturated rings. The minimum atomic E-state index is -0.264. The first kappa shape index (κ1) is 23.2. The highest BCUT2D eigenvalue weighted by molar-refractivity contribution is 8.18. The number of amidine groups is 1. The van der Waals surface area contributed by atoms with Crippen LogP contribution in [0.5, 0.6) is 5.75 Å². The van der Waals surface area contributed by atoms with Crippen molar-refractivity contribution in [3.8, 4) is 5.75 Å². The van der Waals surface area contributed by atoms with Crippen molar-refractivity contribution in [1.29, 1.82) is 0 Å². The zero-order valence-electron chi connectivity index (χ0n) is 19.7. The Morgan fingerprint density at radius 2 is 1.94 bits per heavy atom. The highest BCUT2D eigenvalue weighted by Gasteiger charge is 2.34. The van der Waals surface area contributed by atoms with Gasteiger partial charge in [0.2, 0.25) is 0 Å². The second-order valence-corrected chi connectivity index (χ2v) is 9.54. The Morgan fingerprint density at radius 1 is 1.17 bits per heavy atom. The summed E-state index contributed by atoms with van der Waals surface area (Å²) in [6.45, 7) is 3.95. The fraction of sp³-hybridized carbons (Fsp3) is 0.259. The Bertz CT molecular complexity index is 1280. The molecule has 0 saturated carbocycles. The van der Waals surface area contributed by atoms with Gasteiger partial charge in [0, 0.05) is 13.1 Å². The van der Waals surface area contributed by atoms with Crippen molar-refractivity contribution in [1.82, 2.24) is 4.90 Å². The van der Waals surface area contributed by atoms with Crippen molar-refractivity contribution in [2.75, 3.05) is 25.1 Å². The normalized spacial score (nSPS) is 18.3. The molecular formula is C27H26FN3O3S. The van der Waals surface area contributed by atoms with Gasteiger partial charge in [-0.3, -0.25) is 9.69 Å². The monoisotopic (exact) mass is 491 g/mol. The van der Waals surface area contributed by atoms with Gasteiger partial charge < -0.3 is 14.1 Å². The number of methoxy groups -OCH3 is 1. The van der Waals surface area contributed by atoms with Crippen molar-refractivity contribution in [2.45, 2.75) is 26.3 Å². The second-order valence-electron chi connectivity index (χ2n) is 8.53. The molecule has 0 unspecified atom stereocenters. The van der Waals surface area contributed by atoms with Gasteiger partial charge in [0.05, 0.1) is 36.2 Å². The lowest BCUT2D eigenvalue weighted by Gasteiger charge is -2.19. The Hall–Kier alpha value is -3.52. The van der Waals surface area contributed by atoms with Crippen LogP contribution in [0, 0.1) is 12.7 Å². The number of thioether (sulfide) groups is 1. The molecule has 0 N–H and O–H groups in total. The van der Waals surface area contributed by atoms with E-state index >= 15 is 0 Å². The number of carbonyl (C=O) groups excluding carboxylic acids is 1. The van der Waals surface area contributed by atoms with Gasteiger partial charge in [-0.1, -0.05) is 0 Å². The van der Waals surface area contributed by atoms with E-state index in [1.807, 2.05) is 43.3 Å². The van der Waals surface area contributed by atoms with E-state index in [9.17, 15) is 9.18 Å². The van der Waals surface area contributed by atoms with E-state index in [1.165, 1.54) is 17.8 Å². The van der Waals surface area contributed by atoms with Crippen LogP contribution in [0.4, 0.5) is 15.8 Å². The van der Waals surface area contributed by atoms with Crippen LogP contribution in [0.3, 0.4) is 0 Å². The number of ether oxygens (including phenoxy) is 1. The molecule has 0 atom stereocenters. The Labute approximate surface area is 208 Å². The van der Waals surface area contributed by atoms with Crippen LogP contribution in [0.15, 0.2) is 69.1 Å². The van der Waals surface area contributed by atoms with Crippen LogP contribution >= 0.6 is 11.8 Å². The molecule has 5 rings (SSSR count). The van der Waals surface area contributed by atoms with Crippen LogP contribution in [0.1, 0.15) is 29.7 Å². The van der Waals surface area contributed by atoms with Crippen LogP contribution in [0.2, 0.25) is 0 Å². The number of furan rings is 1. The van der Waals surface area contributed by atoms with Crippen molar-refractivity contribution < 1.29 is 18.3 Å². The van der Waals surface area contributed by atoms with Gasteiger partial charge in [0.25, 0.3) is 5.91 Å². The average Bonchev–Trinajstić information content (AvgIpc) is 3.62. The number of anilines is 1. The average molecular weight is 492 g/mol. The van der Waals surface area contributed by atoms with Crippen LogP contribution in [-0.2, 0) is 11.3 Å². The Balaban J connectivity index is 1.47. The minimum Gasteiger partial charge on any atom is -0.497 e. The molecule has 0 bridgehead atoms. The zero-order valence-corrected chi connectivity index (χ0v) is 20.5. The van der Waals surface area contributed by atoms with E-state index in [0.717, 1.165) is 37.2 Å². The minimum absolute atomic E-state index is 0.193. The van der Waals surface area contributed by atoms with Crippen molar-refractivity contribution in [3.63, 3.8) is 0 Å². The summed E-state index contributed by atoms with van der Waals surface area (Å²) in [5.74, 6) is 0.924. The summed E-state index contributed by atoms with van der Waals surface area (Å²) < 4.78 is 25.7. The lowest BCUT2D eigenvalue weighted by Crippen LogP contribution is -2.28. The summed E-state index contributed by atoms with van der Waals surface area (Å²) in [4.78, 5) is 22.3. The van der Waals surface area contributed by atoms with Gasteiger partial charge in [-0.05, 0) is 97.3 Å². The molecule has 3 heterocycles. The molecule has 1 aromatic heterocycles. The van der Waals surface area contributed by atoms with E-state index in [2.05, 4.69) is 4.90 Å². The molecule has 35 heavy (non-hydrogen) atoms. The molecule has 2 saturated heterocycles. The molecular weight excluding hydrogens is 465 g/mol. The number of nitrogens with zero attached hydrogens (tertiary/aromatic N) is 3. The van der Waals surface area contributed by atoms with Crippen molar-refractivity contribution >= 4 is 40.3 Å². The quantitative estimate of drug-likeness (QED) is 0.388. The number of hydrogen-bond donors (Lipinski definition) is 0. The lowest BCUT2D eigenvalue weighted by atomic mass is 10.1. The smallest absolute Gasteiger partial charge is 0.267 e. The second kappa shape index (κ2) is 10.00. The number of benzene rings is 2. The first-order valence-corrected chi connectivity index (χ1v) is 12.3. The summed E-state index contributed by atoms with van der Waals surface area (Å²) in [5.41, 5.74) is 2.94. The number of carbonyl (C=O) groups is 1. The molecule has 2 aromatic carbocycles. The Kier molecular flexibility index (Phi) is 6.63. The summed E-state index contributed by atoms with van der Waals surface area (Å²) in [6.07, 6.45) is 5.49. The number of rotatable bonds is 6. The van der Waals surface area contributed by atoms with Gasteiger partial charge in [-0.25, -0.2) is 9.38 Å². The third-order valence-corrected chi connectivity index (χ3v) is 7.15. The third-order valence-electron chi connectivity index (χ3n) is 6.15. The van der Waals surface area contributed by atoms with Gasteiger partial charge in [-0.2, -0.15) is 0 Å². The third kappa shape index (κ3) is 4.98.